The van der Waals surface area contributed by atoms with Crippen LogP contribution in [-0.2, 0) is 14.3 Å². The molecule has 1 aliphatic heterocycles. The molecule has 1 aliphatic rings. The maximum Gasteiger partial charge on any atom is 0.325 e. The van der Waals surface area contributed by atoms with Gasteiger partial charge < -0.3 is 15.0 Å². The van der Waals surface area contributed by atoms with E-state index in [2.05, 4.69) is 21.2 Å². The summed E-state index contributed by atoms with van der Waals surface area (Å²) in [5.41, 5.74) is 0.448. The number of carbonyl (C=O) groups excluding carboxylic acids is 3. The molecule has 24 heavy (non-hydrogen) atoms. The van der Waals surface area contributed by atoms with Crippen LogP contribution in [0.3, 0.4) is 0 Å². The molecule has 1 fully saturated rings. The van der Waals surface area contributed by atoms with Crippen LogP contribution in [0.15, 0.2) is 28.7 Å². The molecule has 0 spiro atoms. The lowest BCUT2D eigenvalue weighted by Crippen LogP contribution is -2.44. The Morgan fingerprint density at radius 3 is 2.62 bits per heavy atom. The molecule has 1 aromatic rings. The first-order valence-corrected chi connectivity index (χ1v) is 8.75. The fraction of sp³-hybridized carbons (Fsp3) is 0.471. The van der Waals surface area contributed by atoms with Gasteiger partial charge in [-0.1, -0.05) is 15.9 Å². The van der Waals surface area contributed by atoms with Gasteiger partial charge in [0.25, 0.3) is 11.8 Å². The highest BCUT2D eigenvalue weighted by Crippen LogP contribution is 2.16. The molecular formula is C17H21BrN2O4. The summed E-state index contributed by atoms with van der Waals surface area (Å²) in [6.07, 6.45) is 3.07. The van der Waals surface area contributed by atoms with Crippen molar-refractivity contribution in [1.29, 1.82) is 0 Å². The summed E-state index contributed by atoms with van der Waals surface area (Å²) in [5, 5.41) is 2.48. The third-order valence-corrected chi connectivity index (χ3v) is 4.51. The number of ether oxygens (including phenoxy) is 1. The average molecular weight is 397 g/mol. The summed E-state index contributed by atoms with van der Waals surface area (Å²) in [7, 11) is 0. The van der Waals surface area contributed by atoms with Crippen molar-refractivity contribution in [2.24, 2.45) is 0 Å². The number of hydrogen-bond acceptors (Lipinski definition) is 4. The smallest absolute Gasteiger partial charge is 0.325 e. The van der Waals surface area contributed by atoms with E-state index in [4.69, 9.17) is 4.74 Å². The van der Waals surface area contributed by atoms with E-state index in [0.717, 1.165) is 23.7 Å². The summed E-state index contributed by atoms with van der Waals surface area (Å²) in [4.78, 5) is 37.4. The minimum Gasteiger partial charge on any atom is -0.454 e. The molecule has 6 nitrogen and oxygen atoms in total. The van der Waals surface area contributed by atoms with Crippen molar-refractivity contribution in [3.8, 4) is 0 Å². The van der Waals surface area contributed by atoms with Gasteiger partial charge in [0, 0.05) is 22.6 Å². The zero-order valence-electron chi connectivity index (χ0n) is 13.6. The molecule has 1 aromatic carbocycles. The molecule has 1 atom stereocenters. The van der Waals surface area contributed by atoms with Gasteiger partial charge in [0.15, 0.2) is 6.61 Å². The molecule has 0 aliphatic carbocycles. The number of likely N-dealkylation sites (tertiary alicyclic amines) is 1. The molecule has 0 unspecified atom stereocenters. The largest absolute Gasteiger partial charge is 0.454 e. The number of esters is 1. The van der Waals surface area contributed by atoms with Crippen LogP contribution >= 0.6 is 15.9 Å². The minimum absolute atomic E-state index is 0.182. The maximum absolute atomic E-state index is 12.1. The number of nitrogens with zero attached hydrogens (tertiary/aromatic N) is 1. The van der Waals surface area contributed by atoms with Gasteiger partial charge in [-0.2, -0.15) is 0 Å². The fourth-order valence-electron chi connectivity index (χ4n) is 2.60. The topological polar surface area (TPSA) is 75.7 Å². The second-order valence-corrected chi connectivity index (χ2v) is 6.70. The second-order valence-electron chi connectivity index (χ2n) is 5.78. The Morgan fingerprint density at radius 1 is 1.25 bits per heavy atom. The van der Waals surface area contributed by atoms with E-state index in [-0.39, 0.29) is 31.0 Å². The third-order valence-electron chi connectivity index (χ3n) is 3.98. The SMILES string of the molecule is C[C@H]1CCCCN1C(=O)COC(=O)CNC(=O)c1ccc(Br)cc1. The van der Waals surface area contributed by atoms with Crippen LogP contribution in [0.1, 0.15) is 36.5 Å². The van der Waals surface area contributed by atoms with E-state index in [1.165, 1.54) is 0 Å². The Morgan fingerprint density at radius 2 is 1.96 bits per heavy atom. The molecule has 0 radical (unpaired) electrons. The Kier molecular flexibility index (Phi) is 6.78. The number of halogens is 1. The number of amides is 2. The molecule has 1 heterocycles. The van der Waals surface area contributed by atoms with E-state index in [9.17, 15) is 14.4 Å². The quantitative estimate of drug-likeness (QED) is 0.773. The van der Waals surface area contributed by atoms with Gasteiger partial charge in [-0.25, -0.2) is 0 Å². The van der Waals surface area contributed by atoms with E-state index in [1.54, 1.807) is 29.2 Å². The lowest BCUT2D eigenvalue weighted by atomic mass is 10.0. The number of rotatable bonds is 5. The first kappa shape index (κ1) is 18.4. The van der Waals surface area contributed by atoms with Crippen LogP contribution in [0.5, 0.6) is 0 Å². The highest BCUT2D eigenvalue weighted by atomic mass is 79.9. The van der Waals surface area contributed by atoms with Crippen molar-refractivity contribution in [3.05, 3.63) is 34.3 Å². The van der Waals surface area contributed by atoms with Gasteiger partial charge in [0.2, 0.25) is 0 Å². The van der Waals surface area contributed by atoms with Crippen LogP contribution in [0.25, 0.3) is 0 Å². The number of carbonyl (C=O) groups is 3. The van der Waals surface area contributed by atoms with Crippen molar-refractivity contribution >= 4 is 33.7 Å². The van der Waals surface area contributed by atoms with E-state index >= 15 is 0 Å². The van der Waals surface area contributed by atoms with Crippen molar-refractivity contribution < 1.29 is 19.1 Å². The number of nitrogens with one attached hydrogen (secondary N) is 1. The summed E-state index contributed by atoms with van der Waals surface area (Å²) in [5.74, 6) is -1.18. The summed E-state index contributed by atoms with van der Waals surface area (Å²) in [6, 6.07) is 6.96. The average Bonchev–Trinajstić information content (AvgIpc) is 2.58. The molecule has 1 N–H and O–H groups in total. The van der Waals surface area contributed by atoms with Crippen LogP contribution in [-0.4, -0.2) is 48.4 Å². The molecular weight excluding hydrogens is 376 g/mol. The minimum atomic E-state index is -0.626. The molecule has 0 bridgehead atoms. The van der Waals surface area contributed by atoms with Crippen LogP contribution < -0.4 is 5.32 Å². The highest BCUT2D eigenvalue weighted by Gasteiger charge is 2.23. The van der Waals surface area contributed by atoms with Crippen LogP contribution in [0.2, 0.25) is 0 Å². The molecule has 0 saturated carbocycles. The first-order chi connectivity index (χ1) is 11.5. The van der Waals surface area contributed by atoms with Crippen molar-refractivity contribution in [3.63, 3.8) is 0 Å². The Labute approximate surface area is 149 Å². The van der Waals surface area contributed by atoms with Crippen LogP contribution in [0, 0.1) is 0 Å². The highest BCUT2D eigenvalue weighted by molar-refractivity contribution is 9.10. The van der Waals surface area contributed by atoms with Gasteiger partial charge in [-0.05, 0) is 50.5 Å². The maximum atomic E-state index is 12.1. The molecule has 0 aromatic heterocycles. The van der Waals surface area contributed by atoms with Gasteiger partial charge >= 0.3 is 5.97 Å². The summed E-state index contributed by atoms with van der Waals surface area (Å²) in [6.45, 7) is 2.16. The fourth-order valence-corrected chi connectivity index (χ4v) is 2.86. The Bertz CT molecular complexity index is 603. The standard InChI is InChI=1S/C17H21BrN2O4/c1-12-4-2-3-9-20(12)15(21)11-24-16(22)10-19-17(23)13-5-7-14(18)8-6-13/h5-8,12H,2-4,9-11H2,1H3,(H,19,23)/t12-/m0/s1. The van der Waals surface area contributed by atoms with E-state index in [0.29, 0.717) is 12.1 Å². The zero-order valence-corrected chi connectivity index (χ0v) is 15.2. The Balaban J connectivity index is 1.72. The van der Waals surface area contributed by atoms with Crippen LogP contribution in [0.4, 0.5) is 0 Å². The number of piperidine rings is 1. The van der Waals surface area contributed by atoms with E-state index < -0.39 is 5.97 Å². The number of hydrogen-bond donors (Lipinski definition) is 1. The van der Waals surface area contributed by atoms with E-state index in [1.807, 2.05) is 6.92 Å². The predicted molar refractivity (Wildman–Crippen MR) is 92.5 cm³/mol. The summed E-state index contributed by atoms with van der Waals surface area (Å²) < 4.78 is 5.82. The molecule has 2 amide bonds. The third kappa shape index (κ3) is 5.33. The molecule has 1 saturated heterocycles. The first-order valence-electron chi connectivity index (χ1n) is 7.96. The number of benzene rings is 1. The lowest BCUT2D eigenvalue weighted by molar-refractivity contribution is -0.152. The van der Waals surface area contributed by atoms with Gasteiger partial charge in [0.1, 0.15) is 6.54 Å². The summed E-state index contributed by atoms with van der Waals surface area (Å²) >= 11 is 3.29. The van der Waals surface area contributed by atoms with Crippen molar-refractivity contribution in [2.45, 2.75) is 32.2 Å². The van der Waals surface area contributed by atoms with Gasteiger partial charge in [-0.15, -0.1) is 0 Å². The Hall–Kier alpha value is -1.89. The van der Waals surface area contributed by atoms with Crippen molar-refractivity contribution in [1.82, 2.24) is 10.2 Å². The van der Waals surface area contributed by atoms with Crippen molar-refractivity contribution in [2.75, 3.05) is 19.7 Å². The molecule has 7 heteroatoms. The zero-order chi connectivity index (χ0) is 17.5. The normalized spacial score (nSPS) is 17.2. The molecule has 2 rings (SSSR count). The van der Waals surface area contributed by atoms with Gasteiger partial charge in [0.05, 0.1) is 0 Å². The predicted octanol–water partition coefficient (Wildman–Crippen LogP) is 2.12. The second kappa shape index (κ2) is 8.82. The monoisotopic (exact) mass is 396 g/mol. The van der Waals surface area contributed by atoms with Gasteiger partial charge in [-0.3, -0.25) is 14.4 Å². The lowest BCUT2D eigenvalue weighted by Gasteiger charge is -2.33. The molecule has 130 valence electrons.